The van der Waals surface area contributed by atoms with Crippen LogP contribution in [0.1, 0.15) is 24.3 Å². The fourth-order valence-electron chi connectivity index (χ4n) is 1.39. The van der Waals surface area contributed by atoms with Gasteiger partial charge in [-0.05, 0) is 34.7 Å². The first-order valence-corrected chi connectivity index (χ1v) is 5.52. The monoisotopic (exact) mass is 290 g/mol. The summed E-state index contributed by atoms with van der Waals surface area (Å²) in [7, 11) is 0. The van der Waals surface area contributed by atoms with Crippen LogP contribution in [-0.2, 0) is 11.3 Å². The lowest BCUT2D eigenvalue weighted by Crippen LogP contribution is -2.12. The van der Waals surface area contributed by atoms with Crippen LogP contribution in [0.15, 0.2) is 10.5 Å². The van der Waals surface area contributed by atoms with Crippen LogP contribution in [0.3, 0.4) is 0 Å². The van der Waals surface area contributed by atoms with Gasteiger partial charge >= 0.3 is 11.8 Å². The summed E-state index contributed by atoms with van der Waals surface area (Å²) in [6.07, 6.45) is 0. The van der Waals surface area contributed by atoms with Gasteiger partial charge in [-0.3, -0.25) is 0 Å². The summed E-state index contributed by atoms with van der Waals surface area (Å²) in [6.45, 7) is 3.97. The number of nitro groups is 1. The molecule has 0 bridgehead atoms. The number of nitrogens with zero attached hydrogens (tertiary/aromatic N) is 2. The summed E-state index contributed by atoms with van der Waals surface area (Å²) in [5.41, 5.74) is 0.183. The van der Waals surface area contributed by atoms with Crippen molar-refractivity contribution in [3.8, 4) is 0 Å². The number of esters is 1. The molecule has 0 amide bonds. The van der Waals surface area contributed by atoms with Crippen molar-refractivity contribution in [3.05, 3.63) is 26.3 Å². The Labute approximate surface area is 100 Å². The minimum absolute atomic E-state index is 0.134. The standard InChI is InChI=1S/C9H11BrN2O4/c1-3-11-7(9(13)16-4-2)5-6(10)8(11)12(14)15/h5H,3-4H2,1-2H3. The van der Waals surface area contributed by atoms with E-state index in [2.05, 4.69) is 15.9 Å². The number of hydrogen-bond donors (Lipinski definition) is 0. The van der Waals surface area contributed by atoms with Crippen LogP contribution in [0.4, 0.5) is 5.82 Å². The summed E-state index contributed by atoms with van der Waals surface area (Å²) < 4.78 is 6.40. The molecule has 0 spiro atoms. The van der Waals surface area contributed by atoms with Crippen LogP contribution < -0.4 is 0 Å². The van der Waals surface area contributed by atoms with Gasteiger partial charge in [0.15, 0.2) is 0 Å². The normalized spacial score (nSPS) is 10.2. The number of carbonyl (C=O) groups is 1. The van der Waals surface area contributed by atoms with E-state index in [1.165, 1.54) is 10.6 Å². The van der Waals surface area contributed by atoms with Crippen molar-refractivity contribution in [1.82, 2.24) is 4.57 Å². The van der Waals surface area contributed by atoms with Crippen LogP contribution in [-0.4, -0.2) is 22.1 Å². The molecule has 0 N–H and O–H groups in total. The highest BCUT2D eigenvalue weighted by atomic mass is 79.9. The molecule has 0 fully saturated rings. The molecule has 0 aliphatic carbocycles. The number of aromatic nitrogens is 1. The Kier molecular flexibility index (Phi) is 4.05. The minimum atomic E-state index is -0.557. The highest BCUT2D eigenvalue weighted by molar-refractivity contribution is 9.10. The van der Waals surface area contributed by atoms with Gasteiger partial charge < -0.3 is 14.9 Å². The van der Waals surface area contributed by atoms with E-state index in [0.717, 1.165) is 0 Å². The Balaban J connectivity index is 3.26. The molecule has 0 aliphatic heterocycles. The van der Waals surface area contributed by atoms with Crippen molar-refractivity contribution in [1.29, 1.82) is 0 Å². The lowest BCUT2D eigenvalue weighted by Gasteiger charge is -2.02. The highest BCUT2D eigenvalue weighted by Crippen LogP contribution is 2.29. The van der Waals surface area contributed by atoms with Gasteiger partial charge in [0.2, 0.25) is 5.69 Å². The second kappa shape index (κ2) is 5.11. The molecule has 1 aromatic rings. The number of rotatable bonds is 4. The van der Waals surface area contributed by atoms with Crippen molar-refractivity contribution < 1.29 is 14.5 Å². The molecule has 1 heterocycles. The zero-order valence-electron chi connectivity index (χ0n) is 8.90. The third-order valence-corrected chi connectivity index (χ3v) is 2.58. The summed E-state index contributed by atoms with van der Waals surface area (Å²) in [5, 5.41) is 10.8. The Bertz CT molecular complexity index is 427. The van der Waals surface area contributed by atoms with Gasteiger partial charge in [0.1, 0.15) is 4.47 Å². The van der Waals surface area contributed by atoms with Gasteiger partial charge in [-0.1, -0.05) is 0 Å². The molecule has 0 saturated heterocycles. The first-order valence-electron chi connectivity index (χ1n) is 4.73. The summed E-state index contributed by atoms with van der Waals surface area (Å²) in [6, 6.07) is 1.40. The average Bonchev–Trinajstić information content (AvgIpc) is 2.55. The maximum absolute atomic E-state index is 11.5. The second-order valence-electron chi connectivity index (χ2n) is 2.92. The third kappa shape index (κ3) is 2.24. The second-order valence-corrected chi connectivity index (χ2v) is 3.78. The zero-order valence-corrected chi connectivity index (χ0v) is 10.5. The SMILES string of the molecule is CCOC(=O)c1cc(Br)c([N+](=O)[O-])n1CC. The molecule has 0 unspecified atom stereocenters. The van der Waals surface area contributed by atoms with Gasteiger partial charge in [0, 0.05) is 6.07 Å². The molecule has 0 aromatic carbocycles. The maximum atomic E-state index is 11.5. The van der Waals surface area contributed by atoms with Crippen molar-refractivity contribution in [2.45, 2.75) is 20.4 Å². The molecule has 16 heavy (non-hydrogen) atoms. The molecular formula is C9H11BrN2O4. The Morgan fingerprint density at radius 3 is 2.69 bits per heavy atom. The lowest BCUT2D eigenvalue weighted by atomic mass is 10.4. The van der Waals surface area contributed by atoms with Crippen LogP contribution in [0.25, 0.3) is 0 Å². The minimum Gasteiger partial charge on any atom is -0.460 e. The van der Waals surface area contributed by atoms with E-state index in [-0.39, 0.29) is 22.6 Å². The number of ether oxygens (including phenoxy) is 1. The summed E-state index contributed by atoms with van der Waals surface area (Å²) in [5.74, 6) is -0.691. The van der Waals surface area contributed by atoms with Crippen LogP contribution in [0, 0.1) is 10.1 Å². The first-order chi connectivity index (χ1) is 7.52. The molecule has 7 heteroatoms. The molecule has 0 atom stereocenters. The first kappa shape index (κ1) is 12.7. The molecular weight excluding hydrogens is 280 g/mol. The molecule has 1 aromatic heterocycles. The average molecular weight is 291 g/mol. The molecule has 0 aliphatic rings. The predicted molar refractivity (Wildman–Crippen MR) is 60.4 cm³/mol. The van der Waals surface area contributed by atoms with E-state index in [1.807, 2.05) is 0 Å². The zero-order chi connectivity index (χ0) is 12.3. The van der Waals surface area contributed by atoms with Crippen molar-refractivity contribution in [2.75, 3.05) is 6.61 Å². The third-order valence-electron chi connectivity index (χ3n) is 2.00. The van der Waals surface area contributed by atoms with Crippen molar-refractivity contribution in [2.24, 2.45) is 0 Å². The van der Waals surface area contributed by atoms with E-state index >= 15 is 0 Å². The molecule has 6 nitrogen and oxygen atoms in total. The predicted octanol–water partition coefficient (Wildman–Crippen LogP) is 2.36. The fraction of sp³-hybridized carbons (Fsp3) is 0.444. The number of halogens is 1. The van der Waals surface area contributed by atoms with E-state index in [1.54, 1.807) is 13.8 Å². The van der Waals surface area contributed by atoms with Crippen LogP contribution >= 0.6 is 15.9 Å². The number of carbonyl (C=O) groups excluding carboxylic acids is 1. The van der Waals surface area contributed by atoms with E-state index in [4.69, 9.17) is 4.74 Å². The molecule has 0 saturated carbocycles. The van der Waals surface area contributed by atoms with Gasteiger partial charge in [0.05, 0.1) is 13.2 Å². The maximum Gasteiger partial charge on any atom is 0.378 e. The van der Waals surface area contributed by atoms with Crippen LogP contribution in [0.2, 0.25) is 0 Å². The summed E-state index contributed by atoms with van der Waals surface area (Å²) >= 11 is 3.06. The Morgan fingerprint density at radius 1 is 1.62 bits per heavy atom. The van der Waals surface area contributed by atoms with Gasteiger partial charge in [-0.15, -0.1) is 0 Å². The largest absolute Gasteiger partial charge is 0.460 e. The smallest absolute Gasteiger partial charge is 0.378 e. The number of hydrogen-bond acceptors (Lipinski definition) is 4. The van der Waals surface area contributed by atoms with Gasteiger partial charge in [-0.25, -0.2) is 9.36 Å². The van der Waals surface area contributed by atoms with Crippen molar-refractivity contribution in [3.63, 3.8) is 0 Å². The van der Waals surface area contributed by atoms with Crippen LogP contribution in [0.5, 0.6) is 0 Å². The van der Waals surface area contributed by atoms with E-state index in [0.29, 0.717) is 6.54 Å². The van der Waals surface area contributed by atoms with Crippen molar-refractivity contribution >= 4 is 27.7 Å². The quantitative estimate of drug-likeness (QED) is 0.485. The topological polar surface area (TPSA) is 74.4 Å². The molecule has 88 valence electrons. The Morgan fingerprint density at radius 2 is 2.25 bits per heavy atom. The van der Waals surface area contributed by atoms with Gasteiger partial charge in [0.25, 0.3) is 0 Å². The molecule has 0 radical (unpaired) electrons. The van der Waals surface area contributed by atoms with Gasteiger partial charge in [-0.2, -0.15) is 0 Å². The van der Waals surface area contributed by atoms with E-state index in [9.17, 15) is 14.9 Å². The van der Waals surface area contributed by atoms with E-state index < -0.39 is 10.9 Å². The summed E-state index contributed by atoms with van der Waals surface area (Å²) in [4.78, 5) is 21.8. The highest BCUT2D eigenvalue weighted by Gasteiger charge is 2.27. The lowest BCUT2D eigenvalue weighted by molar-refractivity contribution is -0.392. The molecule has 1 rings (SSSR count). The Hall–Kier alpha value is -1.37. The fourth-order valence-corrected chi connectivity index (χ4v) is 1.96.